The van der Waals surface area contributed by atoms with Crippen molar-refractivity contribution in [2.24, 2.45) is 4.99 Å². The van der Waals surface area contributed by atoms with Crippen molar-refractivity contribution in [3.05, 3.63) is 58.4 Å². The van der Waals surface area contributed by atoms with Gasteiger partial charge in [0.2, 0.25) is 0 Å². The number of rotatable bonds is 3. The van der Waals surface area contributed by atoms with Gasteiger partial charge in [0.15, 0.2) is 0 Å². The number of carbonyl (C=O) groups is 1. The molecule has 0 atom stereocenters. The summed E-state index contributed by atoms with van der Waals surface area (Å²) in [7, 11) is 1.62. The molecule has 1 amide bonds. The van der Waals surface area contributed by atoms with Gasteiger partial charge in [0.1, 0.15) is 5.82 Å². The zero-order chi connectivity index (χ0) is 15.4. The smallest absolute Gasteiger partial charge is 0.255 e. The number of anilines is 2. The maximum Gasteiger partial charge on any atom is 0.255 e. The molecule has 0 aliphatic rings. The van der Waals surface area contributed by atoms with Crippen molar-refractivity contribution in [3.63, 3.8) is 0 Å². The molecule has 0 aliphatic carbocycles. The van der Waals surface area contributed by atoms with Gasteiger partial charge >= 0.3 is 0 Å². The first-order chi connectivity index (χ1) is 10.0. The van der Waals surface area contributed by atoms with E-state index in [1.165, 1.54) is 18.2 Å². The number of halogens is 2. The molecule has 0 heterocycles. The fourth-order valence-corrected chi connectivity index (χ4v) is 1.92. The molecular weight excluding hydrogens is 293 g/mol. The normalized spacial score (nSPS) is 10.8. The van der Waals surface area contributed by atoms with E-state index in [9.17, 15) is 9.18 Å². The molecule has 21 heavy (non-hydrogen) atoms. The Morgan fingerprint density at radius 2 is 2.10 bits per heavy atom. The van der Waals surface area contributed by atoms with E-state index in [2.05, 4.69) is 10.3 Å². The number of carbonyl (C=O) groups excluding carboxylic acids is 1. The van der Waals surface area contributed by atoms with Crippen molar-refractivity contribution in [3.8, 4) is 0 Å². The van der Waals surface area contributed by atoms with Crippen LogP contribution in [-0.2, 0) is 0 Å². The Labute approximate surface area is 126 Å². The monoisotopic (exact) mass is 305 g/mol. The van der Waals surface area contributed by atoms with Crippen molar-refractivity contribution in [2.75, 3.05) is 18.1 Å². The lowest BCUT2D eigenvalue weighted by atomic mass is 10.1. The van der Waals surface area contributed by atoms with Gasteiger partial charge in [-0.3, -0.25) is 9.79 Å². The van der Waals surface area contributed by atoms with Crippen LogP contribution >= 0.6 is 11.6 Å². The molecule has 2 aromatic rings. The lowest BCUT2D eigenvalue weighted by Gasteiger charge is -2.08. The first-order valence-electron chi connectivity index (χ1n) is 6.09. The summed E-state index contributed by atoms with van der Waals surface area (Å²) in [5.41, 5.74) is 7.79. The van der Waals surface area contributed by atoms with E-state index in [-0.39, 0.29) is 10.9 Å². The highest BCUT2D eigenvalue weighted by atomic mass is 35.5. The molecule has 4 nitrogen and oxygen atoms in total. The van der Waals surface area contributed by atoms with Crippen LogP contribution in [0.3, 0.4) is 0 Å². The highest BCUT2D eigenvalue weighted by Gasteiger charge is 2.09. The van der Waals surface area contributed by atoms with E-state index >= 15 is 0 Å². The molecular formula is C15H13ClFN3O. The molecule has 0 fully saturated rings. The highest BCUT2D eigenvalue weighted by molar-refractivity contribution is 6.31. The Kier molecular flexibility index (Phi) is 4.55. The molecule has 0 radical (unpaired) electrons. The molecule has 0 bridgehead atoms. The van der Waals surface area contributed by atoms with E-state index in [1.807, 2.05) is 0 Å². The van der Waals surface area contributed by atoms with Gasteiger partial charge in [-0.05, 0) is 36.4 Å². The standard InChI is InChI=1S/C15H13ClFN3O/c1-19-8-10-6-9(2-5-14(10)18)15(21)20-11-3-4-13(17)12(16)7-11/h2-8H,18H2,1H3,(H,20,21). The Bertz CT molecular complexity index is 716. The summed E-state index contributed by atoms with van der Waals surface area (Å²) in [6.45, 7) is 0. The van der Waals surface area contributed by atoms with E-state index in [0.29, 0.717) is 22.5 Å². The molecule has 0 saturated heterocycles. The number of aliphatic imine (C=N–C) groups is 1. The summed E-state index contributed by atoms with van der Waals surface area (Å²) in [5, 5.41) is 2.59. The Morgan fingerprint density at radius 1 is 1.33 bits per heavy atom. The maximum atomic E-state index is 13.1. The van der Waals surface area contributed by atoms with Gasteiger partial charge in [-0.15, -0.1) is 0 Å². The first-order valence-corrected chi connectivity index (χ1v) is 6.47. The minimum atomic E-state index is -0.538. The quantitative estimate of drug-likeness (QED) is 0.674. The van der Waals surface area contributed by atoms with Gasteiger partial charge in [0.05, 0.1) is 5.02 Å². The fraction of sp³-hybridized carbons (Fsp3) is 0.0667. The van der Waals surface area contributed by atoms with Crippen molar-refractivity contribution in [1.29, 1.82) is 0 Å². The number of nitrogens with two attached hydrogens (primary N) is 1. The van der Waals surface area contributed by atoms with Crippen LogP contribution in [0.15, 0.2) is 41.4 Å². The minimum Gasteiger partial charge on any atom is -0.398 e. The Balaban J connectivity index is 2.24. The molecule has 0 saturated carbocycles. The number of hydrogen-bond acceptors (Lipinski definition) is 3. The number of nitrogens with zero attached hydrogens (tertiary/aromatic N) is 1. The third kappa shape index (κ3) is 3.58. The molecule has 0 aliphatic heterocycles. The van der Waals surface area contributed by atoms with Crippen molar-refractivity contribution >= 4 is 35.1 Å². The molecule has 0 aromatic heterocycles. The minimum absolute atomic E-state index is 0.0519. The number of amides is 1. The second-order valence-corrected chi connectivity index (χ2v) is 4.72. The summed E-state index contributed by atoms with van der Waals surface area (Å²) in [6, 6.07) is 8.83. The van der Waals surface area contributed by atoms with Crippen LogP contribution in [0.1, 0.15) is 15.9 Å². The summed E-state index contributed by atoms with van der Waals surface area (Å²) >= 11 is 5.67. The summed E-state index contributed by atoms with van der Waals surface area (Å²) < 4.78 is 13.1. The highest BCUT2D eigenvalue weighted by Crippen LogP contribution is 2.20. The Morgan fingerprint density at radius 3 is 2.76 bits per heavy atom. The molecule has 108 valence electrons. The van der Waals surface area contributed by atoms with Crippen LogP contribution in [0.25, 0.3) is 0 Å². The maximum absolute atomic E-state index is 13.1. The van der Waals surface area contributed by atoms with Crippen LogP contribution < -0.4 is 11.1 Å². The van der Waals surface area contributed by atoms with E-state index < -0.39 is 5.82 Å². The van der Waals surface area contributed by atoms with Crippen LogP contribution in [0.2, 0.25) is 5.02 Å². The average molecular weight is 306 g/mol. The molecule has 2 rings (SSSR count). The number of nitrogen functional groups attached to an aromatic ring is 1. The van der Waals surface area contributed by atoms with Crippen LogP contribution in [0.5, 0.6) is 0 Å². The predicted octanol–water partition coefficient (Wildman–Crippen LogP) is 3.36. The van der Waals surface area contributed by atoms with Gasteiger partial charge in [-0.25, -0.2) is 4.39 Å². The van der Waals surface area contributed by atoms with Crippen LogP contribution in [0.4, 0.5) is 15.8 Å². The third-order valence-electron chi connectivity index (χ3n) is 2.79. The molecule has 6 heteroatoms. The summed E-state index contributed by atoms with van der Waals surface area (Å²) in [5.74, 6) is -0.882. The second-order valence-electron chi connectivity index (χ2n) is 4.31. The summed E-state index contributed by atoms with van der Waals surface area (Å²) in [4.78, 5) is 16.0. The number of benzene rings is 2. The van der Waals surface area contributed by atoms with Gasteiger partial charge in [-0.2, -0.15) is 0 Å². The van der Waals surface area contributed by atoms with Crippen molar-refractivity contribution < 1.29 is 9.18 Å². The van der Waals surface area contributed by atoms with Gasteiger partial charge in [0.25, 0.3) is 5.91 Å². The van der Waals surface area contributed by atoms with Crippen molar-refractivity contribution in [1.82, 2.24) is 0 Å². The zero-order valence-corrected chi connectivity index (χ0v) is 12.0. The fourth-order valence-electron chi connectivity index (χ4n) is 1.74. The zero-order valence-electron chi connectivity index (χ0n) is 11.2. The first kappa shape index (κ1) is 15.0. The molecule has 0 unspecified atom stereocenters. The van der Waals surface area contributed by atoms with Gasteiger partial charge in [-0.1, -0.05) is 11.6 Å². The van der Waals surface area contributed by atoms with Crippen molar-refractivity contribution in [2.45, 2.75) is 0 Å². The molecule has 2 aromatic carbocycles. The van der Waals surface area contributed by atoms with E-state index in [1.54, 1.807) is 31.5 Å². The van der Waals surface area contributed by atoms with Crippen LogP contribution in [0, 0.1) is 5.82 Å². The van der Waals surface area contributed by atoms with Crippen LogP contribution in [-0.4, -0.2) is 19.2 Å². The Hall–Kier alpha value is -2.40. The third-order valence-corrected chi connectivity index (χ3v) is 3.08. The summed E-state index contributed by atoms with van der Waals surface area (Å²) in [6.07, 6.45) is 1.57. The SMILES string of the molecule is CN=Cc1cc(C(=O)Nc2ccc(F)c(Cl)c2)ccc1N. The second kappa shape index (κ2) is 6.37. The average Bonchev–Trinajstić information content (AvgIpc) is 2.45. The lowest BCUT2D eigenvalue weighted by molar-refractivity contribution is 0.102. The largest absolute Gasteiger partial charge is 0.398 e. The molecule has 3 N–H and O–H groups in total. The van der Waals surface area contributed by atoms with E-state index in [4.69, 9.17) is 17.3 Å². The van der Waals surface area contributed by atoms with Gasteiger partial charge in [0, 0.05) is 35.8 Å². The lowest BCUT2D eigenvalue weighted by Crippen LogP contribution is -2.12. The van der Waals surface area contributed by atoms with Gasteiger partial charge < -0.3 is 11.1 Å². The number of nitrogens with one attached hydrogen (secondary N) is 1. The number of hydrogen-bond donors (Lipinski definition) is 2. The van der Waals surface area contributed by atoms with E-state index in [0.717, 1.165) is 0 Å². The molecule has 0 spiro atoms. The topological polar surface area (TPSA) is 67.5 Å². The predicted molar refractivity (Wildman–Crippen MR) is 83.7 cm³/mol.